The summed E-state index contributed by atoms with van der Waals surface area (Å²) in [5.41, 5.74) is 2.52. The highest BCUT2D eigenvalue weighted by Crippen LogP contribution is 2.48. The number of halogens is 2. The number of aliphatic hydroxyl groups excluding tert-OH is 4. The summed E-state index contributed by atoms with van der Waals surface area (Å²) in [7, 11) is 0. The standard InChI is InChI=1S/C31H33F2NO7/c32-19-7-4-17(5-8-19)2-1-3-23-27(34(31(23)40)21-11-9-20(33)10-12-21)22-13-6-18(14-24(22)36)15-25-28(37)30(39)29(38)26(16-35)41-25/h4-14,23,25-30,35-39H,1-3,15-16H2/t23-,25+,26?,27-,28?,29-,30?/m1/s1. The van der Waals surface area contributed by atoms with Crippen LogP contribution in [0.5, 0.6) is 5.75 Å². The SMILES string of the molecule is O=C1[C@H](CCCc2ccc(F)cc2)[C@@H](c2ccc(C[C@@H]3OC(CO)[C@@H](O)C(O)C3O)cc2O)N1c1ccc(F)cc1. The molecule has 1 amide bonds. The van der Waals surface area contributed by atoms with Crippen LogP contribution in [0.2, 0.25) is 0 Å². The van der Waals surface area contributed by atoms with Crippen molar-refractivity contribution < 1.29 is 43.8 Å². The normalized spacial score (nSPS) is 28.0. The number of aliphatic hydroxyl groups is 4. The van der Waals surface area contributed by atoms with Crippen LogP contribution in [-0.4, -0.2) is 68.6 Å². The highest BCUT2D eigenvalue weighted by molar-refractivity contribution is 6.03. The molecule has 3 aromatic rings. The van der Waals surface area contributed by atoms with E-state index >= 15 is 0 Å². The molecule has 2 aliphatic heterocycles. The Labute approximate surface area is 236 Å². The van der Waals surface area contributed by atoms with E-state index in [4.69, 9.17) is 4.74 Å². The van der Waals surface area contributed by atoms with E-state index in [1.807, 2.05) is 0 Å². The monoisotopic (exact) mass is 569 g/mol. The van der Waals surface area contributed by atoms with Crippen molar-refractivity contribution in [3.8, 4) is 5.75 Å². The van der Waals surface area contributed by atoms with Crippen LogP contribution in [-0.2, 0) is 22.4 Å². The van der Waals surface area contributed by atoms with Crippen molar-refractivity contribution in [3.63, 3.8) is 0 Å². The van der Waals surface area contributed by atoms with Crippen LogP contribution in [0, 0.1) is 17.6 Å². The predicted octanol–water partition coefficient (Wildman–Crippen LogP) is 2.78. The molecule has 2 saturated heterocycles. The van der Waals surface area contributed by atoms with Gasteiger partial charge in [-0.15, -0.1) is 0 Å². The van der Waals surface area contributed by atoms with Crippen LogP contribution in [0.1, 0.15) is 35.6 Å². The van der Waals surface area contributed by atoms with Crippen molar-refractivity contribution in [1.29, 1.82) is 0 Å². The first-order chi connectivity index (χ1) is 19.7. The Morgan fingerprint density at radius 1 is 0.805 bits per heavy atom. The maximum absolute atomic E-state index is 13.6. The third-order valence-corrected chi connectivity index (χ3v) is 8.05. The van der Waals surface area contributed by atoms with Gasteiger partial charge in [0.15, 0.2) is 0 Å². The number of aromatic hydroxyl groups is 1. The first kappa shape index (κ1) is 29.1. The van der Waals surface area contributed by atoms with Gasteiger partial charge in [-0.1, -0.05) is 24.3 Å². The Hall–Kier alpha value is -3.41. The molecule has 0 spiro atoms. The summed E-state index contributed by atoms with van der Waals surface area (Å²) in [5.74, 6) is -1.42. The number of β-lactam (4-membered cyclic amide) rings is 1. The minimum Gasteiger partial charge on any atom is -0.508 e. The second-order valence-electron chi connectivity index (χ2n) is 10.7. The fraction of sp³-hybridized carbons (Fsp3) is 0.387. The van der Waals surface area contributed by atoms with Gasteiger partial charge in [0.2, 0.25) is 5.91 Å². The average molecular weight is 570 g/mol. The average Bonchev–Trinajstić information content (AvgIpc) is 2.96. The van der Waals surface area contributed by atoms with Gasteiger partial charge in [-0.3, -0.25) is 4.79 Å². The minimum atomic E-state index is -1.50. The Kier molecular flexibility index (Phi) is 8.67. The molecule has 8 nitrogen and oxygen atoms in total. The Bertz CT molecular complexity index is 1350. The zero-order valence-electron chi connectivity index (χ0n) is 22.2. The van der Waals surface area contributed by atoms with E-state index in [1.54, 1.807) is 24.3 Å². The first-order valence-corrected chi connectivity index (χ1v) is 13.6. The molecule has 10 heteroatoms. The summed E-state index contributed by atoms with van der Waals surface area (Å²) in [6.45, 7) is -0.539. The van der Waals surface area contributed by atoms with Crippen molar-refractivity contribution >= 4 is 11.6 Å². The van der Waals surface area contributed by atoms with Crippen molar-refractivity contribution in [3.05, 3.63) is 95.1 Å². The largest absolute Gasteiger partial charge is 0.508 e. The second-order valence-corrected chi connectivity index (χ2v) is 10.7. The quantitative estimate of drug-likeness (QED) is 0.251. The number of rotatable bonds is 9. The molecule has 0 aliphatic carbocycles. The fourth-order valence-electron chi connectivity index (χ4n) is 5.80. The molecular formula is C31H33F2NO7. The zero-order valence-corrected chi connectivity index (χ0v) is 22.2. The summed E-state index contributed by atoms with van der Waals surface area (Å²) in [5, 5.41) is 51.1. The van der Waals surface area contributed by atoms with E-state index in [0.29, 0.717) is 36.1 Å². The summed E-state index contributed by atoms with van der Waals surface area (Å²) in [6, 6.07) is 16.2. The van der Waals surface area contributed by atoms with Gasteiger partial charge in [0.05, 0.1) is 24.7 Å². The van der Waals surface area contributed by atoms with E-state index in [0.717, 1.165) is 5.56 Å². The third-order valence-electron chi connectivity index (χ3n) is 8.05. The van der Waals surface area contributed by atoms with Gasteiger partial charge in [-0.2, -0.15) is 0 Å². The number of phenolic OH excluding ortho intramolecular Hbond substituents is 1. The van der Waals surface area contributed by atoms with E-state index in [2.05, 4.69) is 0 Å². The van der Waals surface area contributed by atoms with Crippen molar-refractivity contribution in [1.82, 2.24) is 0 Å². The number of carbonyl (C=O) groups excluding carboxylic acids is 1. The number of ether oxygens (including phenoxy) is 1. The smallest absolute Gasteiger partial charge is 0.233 e. The molecule has 218 valence electrons. The lowest BCUT2D eigenvalue weighted by molar-refractivity contribution is -0.228. The van der Waals surface area contributed by atoms with Gasteiger partial charge in [-0.25, -0.2) is 8.78 Å². The fourth-order valence-corrected chi connectivity index (χ4v) is 5.80. The van der Waals surface area contributed by atoms with E-state index in [1.165, 1.54) is 47.4 Å². The third kappa shape index (κ3) is 5.98. The first-order valence-electron chi connectivity index (χ1n) is 13.6. The van der Waals surface area contributed by atoms with Crippen LogP contribution >= 0.6 is 0 Å². The minimum absolute atomic E-state index is 0.0831. The van der Waals surface area contributed by atoms with E-state index in [-0.39, 0.29) is 23.9 Å². The highest BCUT2D eigenvalue weighted by Gasteiger charge is 2.49. The molecule has 2 aliphatic rings. The molecule has 0 saturated carbocycles. The Morgan fingerprint density at radius 2 is 1.41 bits per heavy atom. The number of benzene rings is 3. The number of carbonyl (C=O) groups is 1. The molecule has 7 atom stereocenters. The molecule has 0 radical (unpaired) electrons. The van der Waals surface area contributed by atoms with Gasteiger partial charge in [-0.05, 0) is 72.9 Å². The van der Waals surface area contributed by atoms with Crippen molar-refractivity contribution in [2.45, 2.75) is 62.2 Å². The lowest BCUT2D eigenvalue weighted by Gasteiger charge is -2.48. The molecule has 2 fully saturated rings. The maximum atomic E-state index is 13.6. The predicted molar refractivity (Wildman–Crippen MR) is 145 cm³/mol. The second kappa shape index (κ2) is 12.2. The highest BCUT2D eigenvalue weighted by atomic mass is 19.1. The number of anilines is 1. The Morgan fingerprint density at radius 3 is 2.05 bits per heavy atom. The molecule has 5 N–H and O–H groups in total. The molecule has 5 rings (SSSR count). The van der Waals surface area contributed by atoms with Crippen LogP contribution in [0.25, 0.3) is 0 Å². The number of aryl methyl sites for hydroxylation is 1. The molecule has 3 unspecified atom stereocenters. The van der Waals surface area contributed by atoms with Crippen molar-refractivity contribution in [2.75, 3.05) is 11.5 Å². The van der Waals surface area contributed by atoms with Gasteiger partial charge in [0.1, 0.15) is 41.8 Å². The summed E-state index contributed by atoms with van der Waals surface area (Å²) in [4.78, 5) is 14.8. The summed E-state index contributed by atoms with van der Waals surface area (Å²) in [6.07, 6.45) is -4.42. The van der Waals surface area contributed by atoms with E-state index < -0.39 is 54.9 Å². The topological polar surface area (TPSA) is 131 Å². The number of hydrogen-bond acceptors (Lipinski definition) is 7. The van der Waals surface area contributed by atoms with Crippen LogP contribution < -0.4 is 4.90 Å². The molecule has 3 aromatic carbocycles. The molecule has 41 heavy (non-hydrogen) atoms. The zero-order chi connectivity index (χ0) is 29.3. The molecule has 2 heterocycles. The lowest BCUT2D eigenvalue weighted by Crippen LogP contribution is -2.59. The van der Waals surface area contributed by atoms with Gasteiger partial charge < -0.3 is 35.2 Å². The molecular weight excluding hydrogens is 536 g/mol. The van der Waals surface area contributed by atoms with Crippen LogP contribution in [0.4, 0.5) is 14.5 Å². The Balaban J connectivity index is 1.35. The lowest BCUT2D eigenvalue weighted by atomic mass is 9.78. The van der Waals surface area contributed by atoms with Crippen LogP contribution in [0.3, 0.4) is 0 Å². The number of hydrogen-bond donors (Lipinski definition) is 5. The van der Waals surface area contributed by atoms with Crippen LogP contribution in [0.15, 0.2) is 66.7 Å². The number of nitrogens with zero attached hydrogens (tertiary/aromatic N) is 1. The molecule has 0 aromatic heterocycles. The van der Waals surface area contributed by atoms with Crippen molar-refractivity contribution in [2.24, 2.45) is 5.92 Å². The maximum Gasteiger partial charge on any atom is 0.233 e. The number of amides is 1. The summed E-state index contributed by atoms with van der Waals surface area (Å²) < 4.78 is 32.4. The van der Waals surface area contributed by atoms with E-state index in [9.17, 15) is 39.1 Å². The van der Waals surface area contributed by atoms with Gasteiger partial charge >= 0.3 is 0 Å². The number of phenols is 1. The van der Waals surface area contributed by atoms with Gasteiger partial charge in [0, 0.05) is 17.7 Å². The molecule has 0 bridgehead atoms. The summed E-state index contributed by atoms with van der Waals surface area (Å²) >= 11 is 0. The van der Waals surface area contributed by atoms with Gasteiger partial charge in [0.25, 0.3) is 0 Å².